The van der Waals surface area contributed by atoms with E-state index in [1.807, 2.05) is 12.1 Å². The van der Waals surface area contributed by atoms with Gasteiger partial charge in [-0.25, -0.2) is 4.79 Å². The SMILES string of the molecule is O=C(OCn1nnc2ccccc2c1=O)c1ccc2c(c1)CCC2. The van der Waals surface area contributed by atoms with Crippen LogP contribution in [0, 0.1) is 0 Å². The van der Waals surface area contributed by atoms with Gasteiger partial charge in [0.25, 0.3) is 5.56 Å². The molecule has 1 heterocycles. The number of carbonyl (C=O) groups is 1. The van der Waals surface area contributed by atoms with Crippen LogP contribution in [-0.2, 0) is 24.3 Å². The summed E-state index contributed by atoms with van der Waals surface area (Å²) in [5.74, 6) is -0.466. The molecule has 1 aliphatic carbocycles. The zero-order chi connectivity index (χ0) is 16.5. The van der Waals surface area contributed by atoms with Gasteiger partial charge in [-0.05, 0) is 54.7 Å². The molecular weight excluding hydrogens is 306 g/mol. The molecule has 120 valence electrons. The van der Waals surface area contributed by atoms with Crippen molar-refractivity contribution in [2.75, 3.05) is 0 Å². The number of aryl methyl sites for hydroxylation is 2. The van der Waals surface area contributed by atoms with Gasteiger partial charge in [-0.2, -0.15) is 4.68 Å². The summed E-state index contributed by atoms with van der Waals surface area (Å²) in [6.45, 7) is -0.257. The molecule has 1 aliphatic rings. The second-order valence-corrected chi connectivity index (χ2v) is 5.81. The maximum atomic E-state index is 12.3. The van der Waals surface area contributed by atoms with Gasteiger partial charge in [-0.1, -0.05) is 23.4 Å². The van der Waals surface area contributed by atoms with E-state index in [0.717, 1.165) is 23.9 Å². The molecule has 0 unspecified atom stereocenters. The van der Waals surface area contributed by atoms with Crippen molar-refractivity contribution in [3.05, 3.63) is 69.5 Å². The number of hydrogen-bond donors (Lipinski definition) is 0. The molecule has 0 amide bonds. The molecule has 3 aromatic rings. The summed E-state index contributed by atoms with van der Waals surface area (Å²) >= 11 is 0. The van der Waals surface area contributed by atoms with Crippen LogP contribution in [0.15, 0.2) is 47.3 Å². The topological polar surface area (TPSA) is 74.1 Å². The highest BCUT2D eigenvalue weighted by Crippen LogP contribution is 2.23. The maximum absolute atomic E-state index is 12.3. The molecule has 0 bridgehead atoms. The Morgan fingerprint density at radius 1 is 1.12 bits per heavy atom. The van der Waals surface area contributed by atoms with E-state index in [9.17, 15) is 9.59 Å². The smallest absolute Gasteiger partial charge is 0.339 e. The Labute approximate surface area is 137 Å². The van der Waals surface area contributed by atoms with Crippen LogP contribution in [0.2, 0.25) is 0 Å². The average Bonchev–Trinajstić information content (AvgIpc) is 3.09. The number of ether oxygens (including phenoxy) is 1. The van der Waals surface area contributed by atoms with Crippen LogP contribution in [-0.4, -0.2) is 21.0 Å². The molecule has 0 radical (unpaired) electrons. The fourth-order valence-electron chi connectivity index (χ4n) is 3.01. The first-order valence-corrected chi connectivity index (χ1v) is 7.84. The molecule has 6 heteroatoms. The Morgan fingerprint density at radius 2 is 1.96 bits per heavy atom. The van der Waals surface area contributed by atoms with Crippen molar-refractivity contribution in [2.24, 2.45) is 0 Å². The minimum Gasteiger partial charge on any atom is -0.439 e. The molecule has 0 saturated heterocycles. The third kappa shape index (κ3) is 2.56. The fourth-order valence-corrected chi connectivity index (χ4v) is 3.01. The van der Waals surface area contributed by atoms with Gasteiger partial charge in [-0.3, -0.25) is 4.79 Å². The first-order chi connectivity index (χ1) is 11.7. The molecule has 24 heavy (non-hydrogen) atoms. The van der Waals surface area contributed by atoms with Gasteiger partial charge in [0.2, 0.25) is 0 Å². The lowest BCUT2D eigenvalue weighted by Gasteiger charge is -2.08. The molecule has 1 aromatic heterocycles. The van der Waals surface area contributed by atoms with E-state index in [1.165, 1.54) is 11.1 Å². The number of benzene rings is 2. The third-order valence-corrected chi connectivity index (χ3v) is 4.28. The minimum absolute atomic E-state index is 0.257. The van der Waals surface area contributed by atoms with Gasteiger partial charge in [0.1, 0.15) is 5.52 Å². The monoisotopic (exact) mass is 321 g/mol. The highest BCUT2D eigenvalue weighted by atomic mass is 16.5. The van der Waals surface area contributed by atoms with Crippen molar-refractivity contribution >= 4 is 16.9 Å². The summed E-state index contributed by atoms with van der Waals surface area (Å²) in [7, 11) is 0. The first kappa shape index (κ1) is 14.6. The zero-order valence-corrected chi connectivity index (χ0v) is 12.9. The molecule has 0 atom stereocenters. The first-order valence-electron chi connectivity index (χ1n) is 7.84. The summed E-state index contributed by atoms with van der Waals surface area (Å²) in [5.41, 5.74) is 3.18. The molecular formula is C18H15N3O3. The number of esters is 1. The van der Waals surface area contributed by atoms with Crippen molar-refractivity contribution in [1.82, 2.24) is 15.0 Å². The van der Waals surface area contributed by atoms with E-state index >= 15 is 0 Å². The molecule has 2 aromatic carbocycles. The predicted molar refractivity (Wildman–Crippen MR) is 87.7 cm³/mol. The normalized spacial score (nSPS) is 13.0. The van der Waals surface area contributed by atoms with Crippen LogP contribution in [0.5, 0.6) is 0 Å². The number of fused-ring (bicyclic) bond motifs is 2. The van der Waals surface area contributed by atoms with Crippen LogP contribution in [0.25, 0.3) is 10.9 Å². The van der Waals surface area contributed by atoms with Crippen molar-refractivity contribution in [3.63, 3.8) is 0 Å². The Hall–Kier alpha value is -3.02. The van der Waals surface area contributed by atoms with Crippen LogP contribution < -0.4 is 5.56 Å². The number of aromatic nitrogens is 3. The van der Waals surface area contributed by atoms with Crippen molar-refractivity contribution in [1.29, 1.82) is 0 Å². The lowest BCUT2D eigenvalue weighted by atomic mass is 10.1. The third-order valence-electron chi connectivity index (χ3n) is 4.28. The fraction of sp³-hybridized carbons (Fsp3) is 0.222. The molecule has 0 fully saturated rings. The van der Waals surface area contributed by atoms with Gasteiger partial charge >= 0.3 is 5.97 Å². The summed E-state index contributed by atoms with van der Waals surface area (Å²) in [6, 6.07) is 12.5. The second kappa shape index (κ2) is 5.88. The van der Waals surface area contributed by atoms with Gasteiger partial charge in [0.05, 0.1) is 10.9 Å². The van der Waals surface area contributed by atoms with E-state index in [2.05, 4.69) is 10.3 Å². The Bertz CT molecular complexity index is 994. The van der Waals surface area contributed by atoms with E-state index in [1.54, 1.807) is 30.3 Å². The number of hydrogen-bond acceptors (Lipinski definition) is 5. The number of carbonyl (C=O) groups excluding carboxylic acids is 1. The molecule has 4 rings (SSSR count). The van der Waals surface area contributed by atoms with Crippen molar-refractivity contribution in [3.8, 4) is 0 Å². The summed E-state index contributed by atoms with van der Waals surface area (Å²) < 4.78 is 6.27. The number of rotatable bonds is 3. The molecule has 0 spiro atoms. The van der Waals surface area contributed by atoms with E-state index in [-0.39, 0.29) is 12.3 Å². The molecule has 0 aliphatic heterocycles. The highest BCUT2D eigenvalue weighted by molar-refractivity contribution is 5.89. The lowest BCUT2D eigenvalue weighted by Crippen LogP contribution is -2.26. The quantitative estimate of drug-likeness (QED) is 0.691. The second-order valence-electron chi connectivity index (χ2n) is 5.81. The average molecular weight is 321 g/mol. The van der Waals surface area contributed by atoms with Crippen LogP contribution in [0.4, 0.5) is 0 Å². The minimum atomic E-state index is -0.466. The van der Waals surface area contributed by atoms with Crippen LogP contribution in [0.3, 0.4) is 0 Å². The van der Waals surface area contributed by atoms with Gasteiger partial charge in [-0.15, -0.1) is 5.10 Å². The Morgan fingerprint density at radius 3 is 2.88 bits per heavy atom. The summed E-state index contributed by atoms with van der Waals surface area (Å²) in [6.07, 6.45) is 3.18. The van der Waals surface area contributed by atoms with Crippen LogP contribution in [0.1, 0.15) is 27.9 Å². The Balaban J connectivity index is 1.53. The highest BCUT2D eigenvalue weighted by Gasteiger charge is 2.15. The van der Waals surface area contributed by atoms with E-state index < -0.39 is 5.97 Å². The Kier molecular flexibility index (Phi) is 3.57. The summed E-state index contributed by atoms with van der Waals surface area (Å²) in [5, 5.41) is 8.21. The maximum Gasteiger partial charge on any atom is 0.339 e. The van der Waals surface area contributed by atoms with Crippen molar-refractivity contribution in [2.45, 2.75) is 26.0 Å². The molecule has 0 N–H and O–H groups in total. The van der Waals surface area contributed by atoms with Gasteiger partial charge in [0.15, 0.2) is 6.73 Å². The number of nitrogens with zero attached hydrogens (tertiary/aromatic N) is 3. The van der Waals surface area contributed by atoms with Gasteiger partial charge in [0, 0.05) is 0 Å². The largest absolute Gasteiger partial charge is 0.439 e. The lowest BCUT2D eigenvalue weighted by molar-refractivity contribution is 0.0336. The molecule has 6 nitrogen and oxygen atoms in total. The molecule has 0 saturated carbocycles. The van der Waals surface area contributed by atoms with Crippen molar-refractivity contribution < 1.29 is 9.53 Å². The standard InChI is InChI=1S/C18H15N3O3/c22-17-15-6-1-2-7-16(15)19-20-21(17)11-24-18(23)14-9-8-12-4-3-5-13(12)10-14/h1-2,6-10H,3-5,11H2. The van der Waals surface area contributed by atoms with E-state index in [4.69, 9.17) is 4.74 Å². The van der Waals surface area contributed by atoms with Gasteiger partial charge < -0.3 is 4.74 Å². The predicted octanol–water partition coefficient (Wildman–Crippen LogP) is 2.09. The van der Waals surface area contributed by atoms with E-state index in [0.29, 0.717) is 16.5 Å². The summed E-state index contributed by atoms with van der Waals surface area (Å²) in [4.78, 5) is 24.5. The zero-order valence-electron chi connectivity index (χ0n) is 12.9. The van der Waals surface area contributed by atoms with Crippen LogP contribution >= 0.6 is 0 Å².